The van der Waals surface area contributed by atoms with E-state index in [9.17, 15) is 4.79 Å². The zero-order valence-electron chi connectivity index (χ0n) is 15.7. The highest BCUT2D eigenvalue weighted by molar-refractivity contribution is 5.89. The van der Waals surface area contributed by atoms with Crippen LogP contribution in [-0.4, -0.2) is 33.9 Å². The number of methoxy groups -OCH3 is 3. The van der Waals surface area contributed by atoms with Crippen molar-refractivity contribution in [1.82, 2.24) is 5.32 Å². The second kappa shape index (κ2) is 9.10. The van der Waals surface area contributed by atoms with Gasteiger partial charge < -0.3 is 24.8 Å². The van der Waals surface area contributed by atoms with Gasteiger partial charge in [-0.15, -0.1) is 0 Å². The van der Waals surface area contributed by atoms with Crippen molar-refractivity contribution < 1.29 is 19.0 Å². The molecular formula is C20H26N2O4. The average molecular weight is 358 g/mol. The van der Waals surface area contributed by atoms with Crippen LogP contribution in [0.1, 0.15) is 18.9 Å². The van der Waals surface area contributed by atoms with Gasteiger partial charge in [-0.2, -0.15) is 0 Å². The van der Waals surface area contributed by atoms with E-state index in [0.29, 0.717) is 23.7 Å². The third-order valence-electron chi connectivity index (χ3n) is 4.44. The lowest BCUT2D eigenvalue weighted by Crippen LogP contribution is -2.43. The summed E-state index contributed by atoms with van der Waals surface area (Å²) in [4.78, 5) is 12.3. The Labute approximate surface area is 154 Å². The van der Waals surface area contributed by atoms with E-state index in [-0.39, 0.29) is 6.03 Å². The van der Waals surface area contributed by atoms with E-state index in [0.717, 1.165) is 12.0 Å². The van der Waals surface area contributed by atoms with Gasteiger partial charge in [0.15, 0.2) is 11.5 Å². The second-order valence-electron chi connectivity index (χ2n) is 5.80. The Hall–Kier alpha value is -2.73. The number of hydrogen-bond acceptors (Lipinski definition) is 4. The van der Waals surface area contributed by atoms with Crippen molar-refractivity contribution >= 4 is 11.7 Å². The Bertz CT molecular complexity index is 715. The molecule has 140 valence electrons. The van der Waals surface area contributed by atoms with Crippen LogP contribution < -0.4 is 20.1 Å². The van der Waals surface area contributed by atoms with Crippen molar-refractivity contribution in [3.05, 3.63) is 54.1 Å². The van der Waals surface area contributed by atoms with Crippen LogP contribution in [-0.2, 0) is 10.3 Å². The molecule has 0 aromatic heterocycles. The van der Waals surface area contributed by atoms with E-state index < -0.39 is 5.60 Å². The van der Waals surface area contributed by atoms with E-state index in [1.165, 1.54) is 0 Å². The fraction of sp³-hybridized carbons (Fsp3) is 0.350. The first-order valence-electron chi connectivity index (χ1n) is 8.46. The number of carbonyl (C=O) groups excluding carboxylic acids is 1. The van der Waals surface area contributed by atoms with Crippen LogP contribution >= 0.6 is 0 Å². The van der Waals surface area contributed by atoms with Gasteiger partial charge in [0, 0.05) is 18.9 Å². The maximum atomic E-state index is 12.3. The minimum absolute atomic E-state index is 0.317. The molecule has 2 aromatic rings. The number of ether oxygens (including phenoxy) is 3. The number of anilines is 1. The molecule has 0 aliphatic rings. The summed E-state index contributed by atoms with van der Waals surface area (Å²) >= 11 is 0. The Morgan fingerprint density at radius 1 is 1.00 bits per heavy atom. The molecule has 0 spiro atoms. The van der Waals surface area contributed by atoms with E-state index in [2.05, 4.69) is 10.6 Å². The van der Waals surface area contributed by atoms with Crippen molar-refractivity contribution in [2.45, 2.75) is 18.9 Å². The minimum atomic E-state index is -0.573. The van der Waals surface area contributed by atoms with E-state index in [1.807, 2.05) is 37.3 Å². The first kappa shape index (κ1) is 19.6. The lowest BCUT2D eigenvalue weighted by atomic mass is 9.91. The fourth-order valence-corrected chi connectivity index (χ4v) is 2.82. The molecule has 0 heterocycles. The summed E-state index contributed by atoms with van der Waals surface area (Å²) in [5, 5.41) is 5.69. The molecule has 26 heavy (non-hydrogen) atoms. The molecule has 0 bridgehead atoms. The summed E-state index contributed by atoms with van der Waals surface area (Å²) in [6, 6.07) is 14.8. The molecule has 0 aliphatic heterocycles. The lowest BCUT2D eigenvalue weighted by Gasteiger charge is -2.32. The van der Waals surface area contributed by atoms with Gasteiger partial charge in [-0.25, -0.2) is 4.79 Å². The van der Waals surface area contributed by atoms with Crippen LogP contribution in [0, 0.1) is 0 Å². The molecule has 0 fully saturated rings. The summed E-state index contributed by atoms with van der Waals surface area (Å²) in [5.41, 5.74) is 1.06. The zero-order valence-corrected chi connectivity index (χ0v) is 15.7. The summed E-state index contributed by atoms with van der Waals surface area (Å²) in [5.74, 6) is 1.15. The highest BCUT2D eigenvalue weighted by atomic mass is 16.5. The third kappa shape index (κ3) is 4.46. The number of amides is 2. The smallest absolute Gasteiger partial charge is 0.319 e. The van der Waals surface area contributed by atoms with Crippen LogP contribution in [0.25, 0.3) is 0 Å². The molecule has 6 nitrogen and oxygen atoms in total. The number of nitrogens with one attached hydrogen (secondary N) is 2. The van der Waals surface area contributed by atoms with Gasteiger partial charge in [0.25, 0.3) is 0 Å². The molecule has 2 aromatic carbocycles. The number of rotatable bonds is 8. The Kier molecular flexibility index (Phi) is 6.86. The molecule has 0 aliphatic carbocycles. The van der Waals surface area contributed by atoms with Gasteiger partial charge in [0.1, 0.15) is 5.60 Å². The molecule has 1 atom stereocenters. The van der Waals surface area contributed by atoms with Crippen molar-refractivity contribution in [3.8, 4) is 11.5 Å². The van der Waals surface area contributed by atoms with E-state index >= 15 is 0 Å². The quantitative estimate of drug-likeness (QED) is 0.753. The van der Waals surface area contributed by atoms with E-state index in [4.69, 9.17) is 14.2 Å². The zero-order chi connectivity index (χ0) is 19.0. The van der Waals surface area contributed by atoms with Crippen LogP contribution in [0.3, 0.4) is 0 Å². The monoisotopic (exact) mass is 358 g/mol. The number of hydrogen-bond donors (Lipinski definition) is 2. The predicted octanol–water partition coefficient (Wildman–Crippen LogP) is 3.78. The van der Waals surface area contributed by atoms with Crippen LogP contribution in [0.15, 0.2) is 48.5 Å². The topological polar surface area (TPSA) is 68.8 Å². The Balaban J connectivity index is 2.05. The average Bonchev–Trinajstić information content (AvgIpc) is 2.70. The van der Waals surface area contributed by atoms with Gasteiger partial charge in [0.05, 0.1) is 20.8 Å². The first-order valence-corrected chi connectivity index (χ1v) is 8.46. The van der Waals surface area contributed by atoms with Crippen LogP contribution in [0.5, 0.6) is 11.5 Å². The van der Waals surface area contributed by atoms with Gasteiger partial charge in [-0.1, -0.05) is 37.3 Å². The Morgan fingerprint density at radius 3 is 2.27 bits per heavy atom. The molecule has 2 amide bonds. The van der Waals surface area contributed by atoms with Crippen molar-refractivity contribution in [1.29, 1.82) is 0 Å². The normalized spacial score (nSPS) is 12.8. The highest BCUT2D eigenvalue weighted by Gasteiger charge is 2.30. The lowest BCUT2D eigenvalue weighted by molar-refractivity contribution is -0.0149. The van der Waals surface area contributed by atoms with Gasteiger partial charge in [-0.3, -0.25) is 0 Å². The summed E-state index contributed by atoms with van der Waals surface area (Å²) in [7, 11) is 4.77. The number of benzene rings is 2. The van der Waals surface area contributed by atoms with Crippen molar-refractivity contribution in [3.63, 3.8) is 0 Å². The van der Waals surface area contributed by atoms with E-state index in [1.54, 1.807) is 39.5 Å². The number of urea groups is 1. The van der Waals surface area contributed by atoms with Gasteiger partial charge >= 0.3 is 6.03 Å². The SMILES string of the molecule is CCC(CNC(=O)Nc1ccc(OC)c(OC)c1)(OC)c1ccccc1. The highest BCUT2D eigenvalue weighted by Crippen LogP contribution is 2.30. The molecule has 2 N–H and O–H groups in total. The maximum absolute atomic E-state index is 12.3. The first-order chi connectivity index (χ1) is 12.6. The van der Waals surface area contributed by atoms with Gasteiger partial charge in [-0.05, 0) is 24.1 Å². The molecule has 0 radical (unpaired) electrons. The van der Waals surface area contributed by atoms with Crippen LogP contribution in [0.4, 0.5) is 10.5 Å². The fourth-order valence-electron chi connectivity index (χ4n) is 2.82. The second-order valence-corrected chi connectivity index (χ2v) is 5.80. The van der Waals surface area contributed by atoms with Gasteiger partial charge in [0.2, 0.25) is 0 Å². The summed E-state index contributed by atoms with van der Waals surface area (Å²) < 4.78 is 16.2. The third-order valence-corrected chi connectivity index (χ3v) is 4.44. The molecule has 0 saturated heterocycles. The largest absolute Gasteiger partial charge is 0.493 e. The molecule has 0 saturated carbocycles. The minimum Gasteiger partial charge on any atom is -0.493 e. The maximum Gasteiger partial charge on any atom is 0.319 e. The summed E-state index contributed by atoms with van der Waals surface area (Å²) in [6.45, 7) is 2.38. The van der Waals surface area contributed by atoms with Crippen molar-refractivity contribution in [2.24, 2.45) is 0 Å². The standard InChI is InChI=1S/C20H26N2O4/c1-5-20(26-4,15-9-7-6-8-10-15)14-21-19(23)22-16-11-12-17(24-2)18(13-16)25-3/h6-13H,5,14H2,1-4H3,(H2,21,22,23). The Morgan fingerprint density at radius 2 is 1.69 bits per heavy atom. The predicted molar refractivity (Wildman–Crippen MR) is 102 cm³/mol. The molecular weight excluding hydrogens is 332 g/mol. The summed E-state index contributed by atoms with van der Waals surface area (Å²) in [6.07, 6.45) is 0.726. The van der Waals surface area contributed by atoms with Crippen LogP contribution in [0.2, 0.25) is 0 Å². The molecule has 1 unspecified atom stereocenters. The molecule has 2 rings (SSSR count). The number of carbonyl (C=O) groups is 1. The van der Waals surface area contributed by atoms with Crippen molar-refractivity contribution in [2.75, 3.05) is 33.2 Å². The molecule has 6 heteroatoms.